The Labute approximate surface area is 147 Å². The summed E-state index contributed by atoms with van der Waals surface area (Å²) in [5, 5.41) is 12.3. The minimum absolute atomic E-state index is 0.00248. The van der Waals surface area contributed by atoms with Crippen molar-refractivity contribution in [1.82, 2.24) is 5.32 Å². The van der Waals surface area contributed by atoms with Gasteiger partial charge in [0.2, 0.25) is 0 Å². The quantitative estimate of drug-likeness (QED) is 0.625. The molecule has 0 fully saturated rings. The number of aromatic hydroxyl groups is 1. The van der Waals surface area contributed by atoms with Crippen molar-refractivity contribution in [3.05, 3.63) is 57.6 Å². The maximum absolute atomic E-state index is 12.2. The Morgan fingerprint density at radius 3 is 2.58 bits per heavy atom. The smallest absolute Gasteiger partial charge is 0.258 e. The summed E-state index contributed by atoms with van der Waals surface area (Å²) >= 11 is 3.27. The number of halogens is 1. The monoisotopic (exact) mass is 387 g/mol. The summed E-state index contributed by atoms with van der Waals surface area (Å²) in [5.41, 5.74) is 2.07. The standard InChI is InChI=1S/C18H14BrNO4/c1-2-24-15-9-10(8-14(19)16(15)21)7-13-11-5-3-4-6-12(11)17(22)20-18(13)23/h3-9,21H,2H2,1H3,(H,20,22,23)/b13-7+. The molecule has 3 rings (SSSR count). The van der Waals surface area contributed by atoms with Crippen LogP contribution in [0.5, 0.6) is 11.5 Å². The summed E-state index contributed by atoms with van der Waals surface area (Å²) in [5.74, 6) is -0.544. The molecule has 0 aliphatic carbocycles. The number of hydrogen-bond donors (Lipinski definition) is 2. The molecule has 0 radical (unpaired) electrons. The van der Waals surface area contributed by atoms with Gasteiger partial charge in [-0.15, -0.1) is 0 Å². The van der Waals surface area contributed by atoms with Gasteiger partial charge in [0.15, 0.2) is 11.5 Å². The Morgan fingerprint density at radius 2 is 1.88 bits per heavy atom. The van der Waals surface area contributed by atoms with E-state index in [1.54, 1.807) is 42.5 Å². The minimum Gasteiger partial charge on any atom is -0.503 e. The van der Waals surface area contributed by atoms with Gasteiger partial charge < -0.3 is 9.84 Å². The number of nitrogens with one attached hydrogen (secondary N) is 1. The number of hydrogen-bond acceptors (Lipinski definition) is 4. The zero-order valence-electron chi connectivity index (χ0n) is 12.8. The second kappa shape index (κ2) is 6.49. The lowest BCUT2D eigenvalue weighted by molar-refractivity contribution is -0.114. The normalized spacial score (nSPS) is 15.2. The molecule has 2 aromatic rings. The Bertz CT molecular complexity index is 873. The van der Waals surface area contributed by atoms with Crippen LogP contribution in [0.1, 0.15) is 28.4 Å². The lowest BCUT2D eigenvalue weighted by Crippen LogP contribution is -2.36. The average molecular weight is 388 g/mol. The fourth-order valence-electron chi connectivity index (χ4n) is 2.53. The fraction of sp³-hybridized carbons (Fsp3) is 0.111. The SMILES string of the molecule is CCOc1cc(/C=C2/C(=O)NC(=O)c3ccccc32)cc(Br)c1O. The molecule has 24 heavy (non-hydrogen) atoms. The Balaban J connectivity index is 2.13. The summed E-state index contributed by atoms with van der Waals surface area (Å²) in [7, 11) is 0. The molecular formula is C18H14BrNO4. The van der Waals surface area contributed by atoms with E-state index in [1.807, 2.05) is 6.92 Å². The van der Waals surface area contributed by atoms with E-state index in [9.17, 15) is 14.7 Å². The van der Waals surface area contributed by atoms with Crippen molar-refractivity contribution in [3.63, 3.8) is 0 Å². The van der Waals surface area contributed by atoms with Gasteiger partial charge in [-0.2, -0.15) is 0 Å². The number of amides is 2. The van der Waals surface area contributed by atoms with Gasteiger partial charge in [0.25, 0.3) is 11.8 Å². The van der Waals surface area contributed by atoms with E-state index in [2.05, 4.69) is 21.2 Å². The molecule has 0 atom stereocenters. The lowest BCUT2D eigenvalue weighted by atomic mass is 9.93. The molecule has 5 nitrogen and oxygen atoms in total. The van der Waals surface area contributed by atoms with E-state index >= 15 is 0 Å². The highest BCUT2D eigenvalue weighted by Crippen LogP contribution is 2.37. The summed E-state index contributed by atoms with van der Waals surface area (Å²) in [6.45, 7) is 2.22. The van der Waals surface area contributed by atoms with Gasteiger partial charge in [0.1, 0.15) is 0 Å². The number of fused-ring (bicyclic) bond motifs is 1. The van der Waals surface area contributed by atoms with Crippen molar-refractivity contribution in [2.75, 3.05) is 6.61 Å². The van der Waals surface area contributed by atoms with Crippen LogP contribution in [0.15, 0.2) is 40.9 Å². The van der Waals surface area contributed by atoms with Crippen LogP contribution in [0.3, 0.4) is 0 Å². The van der Waals surface area contributed by atoms with Crippen molar-refractivity contribution in [1.29, 1.82) is 0 Å². The Hall–Kier alpha value is -2.60. The van der Waals surface area contributed by atoms with Crippen molar-refractivity contribution in [3.8, 4) is 11.5 Å². The number of phenols is 1. The van der Waals surface area contributed by atoms with Gasteiger partial charge >= 0.3 is 0 Å². The molecule has 1 aliphatic heterocycles. The number of benzene rings is 2. The van der Waals surface area contributed by atoms with Crippen LogP contribution in [-0.2, 0) is 4.79 Å². The highest BCUT2D eigenvalue weighted by Gasteiger charge is 2.26. The zero-order chi connectivity index (χ0) is 17.3. The number of imide groups is 1. The van der Waals surface area contributed by atoms with E-state index < -0.39 is 11.8 Å². The topological polar surface area (TPSA) is 75.6 Å². The summed E-state index contributed by atoms with van der Waals surface area (Å²) < 4.78 is 5.86. The van der Waals surface area contributed by atoms with Gasteiger partial charge in [0, 0.05) is 11.1 Å². The predicted molar refractivity (Wildman–Crippen MR) is 93.8 cm³/mol. The number of carbonyl (C=O) groups is 2. The molecule has 0 saturated heterocycles. The lowest BCUT2D eigenvalue weighted by Gasteiger charge is -2.18. The molecule has 122 valence electrons. The van der Waals surface area contributed by atoms with Crippen LogP contribution in [0.4, 0.5) is 0 Å². The maximum atomic E-state index is 12.2. The second-order valence-corrected chi connectivity index (χ2v) is 6.02. The molecule has 2 N–H and O–H groups in total. The third kappa shape index (κ3) is 2.92. The number of ether oxygens (including phenoxy) is 1. The van der Waals surface area contributed by atoms with Crippen molar-refractivity contribution in [2.24, 2.45) is 0 Å². The van der Waals surface area contributed by atoms with E-state index in [4.69, 9.17) is 4.74 Å². The van der Waals surface area contributed by atoms with E-state index in [1.165, 1.54) is 0 Å². The van der Waals surface area contributed by atoms with Crippen molar-refractivity contribution in [2.45, 2.75) is 6.92 Å². The molecule has 0 aromatic heterocycles. The van der Waals surface area contributed by atoms with Gasteiger partial charge in [-0.3, -0.25) is 14.9 Å². The molecule has 2 aromatic carbocycles. The van der Waals surface area contributed by atoms with Crippen molar-refractivity contribution >= 4 is 39.4 Å². The van der Waals surface area contributed by atoms with Gasteiger partial charge in [-0.25, -0.2) is 0 Å². The summed E-state index contributed by atoms with van der Waals surface area (Å²) in [4.78, 5) is 24.2. The largest absolute Gasteiger partial charge is 0.503 e. The first-order chi connectivity index (χ1) is 11.5. The molecular weight excluding hydrogens is 374 g/mol. The third-order valence-electron chi connectivity index (χ3n) is 3.60. The van der Waals surface area contributed by atoms with E-state index in [0.717, 1.165) is 0 Å². The van der Waals surface area contributed by atoms with Crippen LogP contribution in [0.2, 0.25) is 0 Å². The van der Waals surface area contributed by atoms with E-state index in [-0.39, 0.29) is 5.75 Å². The summed E-state index contributed by atoms with van der Waals surface area (Å²) in [6, 6.07) is 10.2. The first kappa shape index (κ1) is 16.3. The molecule has 1 aliphatic rings. The molecule has 1 heterocycles. The van der Waals surface area contributed by atoms with Crippen LogP contribution in [-0.4, -0.2) is 23.5 Å². The first-order valence-corrected chi connectivity index (χ1v) is 8.12. The highest BCUT2D eigenvalue weighted by atomic mass is 79.9. The molecule has 2 amide bonds. The molecule has 0 saturated carbocycles. The van der Waals surface area contributed by atoms with E-state index in [0.29, 0.717) is 39.1 Å². The molecule has 0 bridgehead atoms. The number of rotatable bonds is 3. The Morgan fingerprint density at radius 1 is 1.17 bits per heavy atom. The Kier molecular flexibility index (Phi) is 4.40. The number of phenolic OH excluding ortho intramolecular Hbond substituents is 1. The van der Waals surface area contributed by atoms with Gasteiger partial charge in [-0.1, -0.05) is 18.2 Å². The van der Waals surface area contributed by atoms with Crippen LogP contribution in [0.25, 0.3) is 11.6 Å². The van der Waals surface area contributed by atoms with Gasteiger partial charge in [-0.05, 0) is 58.3 Å². The third-order valence-corrected chi connectivity index (χ3v) is 4.20. The van der Waals surface area contributed by atoms with Crippen LogP contribution in [0, 0.1) is 0 Å². The predicted octanol–water partition coefficient (Wildman–Crippen LogP) is 3.36. The van der Waals surface area contributed by atoms with Gasteiger partial charge in [0.05, 0.1) is 11.1 Å². The van der Waals surface area contributed by atoms with Crippen LogP contribution < -0.4 is 10.1 Å². The fourth-order valence-corrected chi connectivity index (χ4v) is 2.99. The second-order valence-electron chi connectivity index (χ2n) is 5.17. The first-order valence-electron chi connectivity index (χ1n) is 7.33. The summed E-state index contributed by atoms with van der Waals surface area (Å²) in [6.07, 6.45) is 1.66. The minimum atomic E-state index is -0.458. The molecule has 0 unspecified atom stereocenters. The molecule has 6 heteroatoms. The highest BCUT2D eigenvalue weighted by molar-refractivity contribution is 9.10. The maximum Gasteiger partial charge on any atom is 0.258 e. The van der Waals surface area contributed by atoms with Crippen molar-refractivity contribution < 1.29 is 19.4 Å². The molecule has 0 spiro atoms. The zero-order valence-corrected chi connectivity index (χ0v) is 14.4. The van der Waals surface area contributed by atoms with Crippen LogP contribution >= 0.6 is 15.9 Å². The number of carbonyl (C=O) groups excluding carboxylic acids is 2. The average Bonchev–Trinajstić information content (AvgIpc) is 2.56.